The molecule has 1 heterocycles. The van der Waals surface area contributed by atoms with E-state index in [0.29, 0.717) is 18.0 Å². The number of fused-ring (bicyclic) bond motifs is 1. The third-order valence-electron chi connectivity index (χ3n) is 2.70. The van der Waals surface area contributed by atoms with Gasteiger partial charge in [-0.1, -0.05) is 6.07 Å². The lowest BCUT2D eigenvalue weighted by Crippen LogP contribution is -2.35. The van der Waals surface area contributed by atoms with Crippen LogP contribution in [0.1, 0.15) is 25.8 Å². The monoisotopic (exact) mass is 278 g/mol. The van der Waals surface area contributed by atoms with Gasteiger partial charge in [-0.25, -0.2) is 0 Å². The number of hydrogen-bond donors (Lipinski definition) is 2. The second kappa shape index (κ2) is 6.27. The Morgan fingerprint density at radius 3 is 2.70 bits per heavy atom. The second-order valence-corrected chi connectivity index (χ2v) is 4.86. The molecule has 6 nitrogen and oxygen atoms in total. The maximum Gasteiger partial charge on any atom is 0.231 e. The zero-order chi connectivity index (χ0) is 14.5. The van der Waals surface area contributed by atoms with Gasteiger partial charge >= 0.3 is 0 Å². The summed E-state index contributed by atoms with van der Waals surface area (Å²) >= 11 is 0. The first-order valence-corrected chi connectivity index (χ1v) is 6.49. The lowest BCUT2D eigenvalue weighted by molar-refractivity contribution is -0.129. The van der Waals surface area contributed by atoms with Gasteiger partial charge in [0.15, 0.2) is 11.5 Å². The first-order chi connectivity index (χ1) is 9.54. The van der Waals surface area contributed by atoms with Crippen LogP contribution in [0.4, 0.5) is 0 Å². The van der Waals surface area contributed by atoms with Crippen LogP contribution >= 0.6 is 0 Å². The summed E-state index contributed by atoms with van der Waals surface area (Å²) in [6, 6.07) is 5.50. The molecule has 0 aromatic heterocycles. The summed E-state index contributed by atoms with van der Waals surface area (Å²) in [5.74, 6) is 0.801. The average molecular weight is 278 g/mol. The Bertz CT molecular complexity index is 514. The molecule has 1 aromatic carbocycles. The van der Waals surface area contributed by atoms with E-state index in [1.165, 1.54) is 0 Å². The molecule has 20 heavy (non-hydrogen) atoms. The van der Waals surface area contributed by atoms with E-state index in [1.807, 2.05) is 26.0 Å². The van der Waals surface area contributed by atoms with Crippen molar-refractivity contribution in [2.45, 2.75) is 32.9 Å². The van der Waals surface area contributed by atoms with E-state index in [-0.39, 0.29) is 31.1 Å². The van der Waals surface area contributed by atoms with Gasteiger partial charge in [0.1, 0.15) is 6.42 Å². The highest BCUT2D eigenvalue weighted by Gasteiger charge is 2.14. The van der Waals surface area contributed by atoms with Crippen molar-refractivity contribution in [1.82, 2.24) is 10.6 Å². The summed E-state index contributed by atoms with van der Waals surface area (Å²) in [6.45, 7) is 4.27. The first-order valence-electron chi connectivity index (χ1n) is 6.49. The molecule has 2 rings (SSSR count). The predicted molar refractivity (Wildman–Crippen MR) is 72.3 cm³/mol. The minimum atomic E-state index is -0.305. The van der Waals surface area contributed by atoms with Crippen LogP contribution in [0, 0.1) is 0 Å². The van der Waals surface area contributed by atoms with Gasteiger partial charge < -0.3 is 20.1 Å². The van der Waals surface area contributed by atoms with Crippen molar-refractivity contribution < 1.29 is 19.1 Å². The molecule has 0 spiro atoms. The van der Waals surface area contributed by atoms with Gasteiger partial charge in [0.25, 0.3) is 0 Å². The fraction of sp³-hybridized carbons (Fsp3) is 0.429. The Hall–Kier alpha value is -2.24. The molecule has 1 aliphatic rings. The smallest absolute Gasteiger partial charge is 0.231 e. The van der Waals surface area contributed by atoms with E-state index < -0.39 is 0 Å². The summed E-state index contributed by atoms with van der Waals surface area (Å²) in [6.07, 6.45) is -0.164. The average Bonchev–Trinajstić information content (AvgIpc) is 2.82. The van der Waals surface area contributed by atoms with Crippen LogP contribution in [0.15, 0.2) is 18.2 Å². The highest BCUT2D eigenvalue weighted by Crippen LogP contribution is 2.32. The molecule has 1 aliphatic heterocycles. The van der Waals surface area contributed by atoms with Gasteiger partial charge in [-0.2, -0.15) is 0 Å². The molecule has 6 heteroatoms. The van der Waals surface area contributed by atoms with Crippen LogP contribution in [0.25, 0.3) is 0 Å². The minimum absolute atomic E-state index is 0.0316. The Balaban J connectivity index is 1.80. The predicted octanol–water partition coefficient (Wildman–Crippen LogP) is 0.946. The Labute approximate surface area is 117 Å². The van der Waals surface area contributed by atoms with E-state index >= 15 is 0 Å². The SMILES string of the molecule is CC(C)NC(=O)CC(=O)NCc1ccc2c(c1)OCO2. The molecule has 0 bridgehead atoms. The van der Waals surface area contributed by atoms with Gasteiger partial charge in [-0.3, -0.25) is 9.59 Å². The second-order valence-electron chi connectivity index (χ2n) is 4.86. The molecule has 0 radical (unpaired) electrons. The normalized spacial score (nSPS) is 12.3. The van der Waals surface area contributed by atoms with Crippen molar-refractivity contribution in [3.63, 3.8) is 0 Å². The number of ether oxygens (including phenoxy) is 2. The van der Waals surface area contributed by atoms with Crippen LogP contribution in [0.3, 0.4) is 0 Å². The van der Waals surface area contributed by atoms with Crippen molar-refractivity contribution >= 4 is 11.8 Å². The maximum absolute atomic E-state index is 11.6. The maximum atomic E-state index is 11.6. The molecule has 2 amide bonds. The Morgan fingerprint density at radius 2 is 1.95 bits per heavy atom. The molecule has 108 valence electrons. The lowest BCUT2D eigenvalue weighted by Gasteiger charge is -2.09. The number of rotatable bonds is 5. The summed E-state index contributed by atoms with van der Waals surface area (Å²) in [5, 5.41) is 5.37. The number of hydrogen-bond acceptors (Lipinski definition) is 4. The molecule has 0 atom stereocenters. The van der Waals surface area contributed by atoms with Crippen LogP contribution in [-0.4, -0.2) is 24.6 Å². The molecule has 0 unspecified atom stereocenters. The number of carbonyl (C=O) groups is 2. The van der Waals surface area contributed by atoms with Gasteiger partial charge in [0.2, 0.25) is 18.6 Å². The fourth-order valence-electron chi connectivity index (χ4n) is 1.83. The topological polar surface area (TPSA) is 76.7 Å². The van der Waals surface area contributed by atoms with Crippen LogP contribution in [0.2, 0.25) is 0 Å². The quantitative estimate of drug-likeness (QED) is 0.786. The molecule has 1 aromatic rings. The highest BCUT2D eigenvalue weighted by atomic mass is 16.7. The fourth-order valence-corrected chi connectivity index (χ4v) is 1.83. The third-order valence-corrected chi connectivity index (χ3v) is 2.70. The number of amides is 2. The molecule has 0 aliphatic carbocycles. The van der Waals surface area contributed by atoms with Crippen molar-refractivity contribution in [2.75, 3.05) is 6.79 Å². The van der Waals surface area contributed by atoms with Gasteiger partial charge in [0, 0.05) is 12.6 Å². The lowest BCUT2D eigenvalue weighted by atomic mass is 10.2. The van der Waals surface area contributed by atoms with Crippen LogP contribution in [-0.2, 0) is 16.1 Å². The number of carbonyl (C=O) groups excluding carboxylic acids is 2. The van der Waals surface area contributed by atoms with E-state index in [4.69, 9.17) is 9.47 Å². The summed E-state index contributed by atoms with van der Waals surface area (Å²) in [7, 11) is 0. The van der Waals surface area contributed by atoms with E-state index in [2.05, 4.69) is 10.6 Å². The zero-order valence-electron chi connectivity index (χ0n) is 11.6. The van der Waals surface area contributed by atoms with Crippen LogP contribution < -0.4 is 20.1 Å². The van der Waals surface area contributed by atoms with Crippen molar-refractivity contribution in [3.8, 4) is 11.5 Å². The van der Waals surface area contributed by atoms with Crippen molar-refractivity contribution in [3.05, 3.63) is 23.8 Å². The summed E-state index contributed by atoms with van der Waals surface area (Å²) in [5.41, 5.74) is 0.895. The summed E-state index contributed by atoms with van der Waals surface area (Å²) in [4.78, 5) is 23.0. The summed E-state index contributed by atoms with van der Waals surface area (Å²) < 4.78 is 10.5. The zero-order valence-corrected chi connectivity index (χ0v) is 11.6. The number of nitrogens with one attached hydrogen (secondary N) is 2. The molecule has 0 saturated carbocycles. The van der Waals surface area contributed by atoms with Crippen molar-refractivity contribution in [1.29, 1.82) is 0 Å². The highest BCUT2D eigenvalue weighted by molar-refractivity contribution is 5.96. The first kappa shape index (κ1) is 14.2. The van der Waals surface area contributed by atoms with Gasteiger partial charge in [-0.05, 0) is 31.5 Å². The molecular formula is C14H18N2O4. The number of benzene rings is 1. The van der Waals surface area contributed by atoms with E-state index in [0.717, 1.165) is 5.56 Å². The van der Waals surface area contributed by atoms with Gasteiger partial charge in [0.05, 0.1) is 0 Å². The minimum Gasteiger partial charge on any atom is -0.454 e. The largest absolute Gasteiger partial charge is 0.454 e. The van der Waals surface area contributed by atoms with Crippen molar-refractivity contribution in [2.24, 2.45) is 0 Å². The van der Waals surface area contributed by atoms with Gasteiger partial charge in [-0.15, -0.1) is 0 Å². The molecular weight excluding hydrogens is 260 g/mol. The standard InChI is InChI=1S/C14H18N2O4/c1-9(2)16-14(18)6-13(17)15-7-10-3-4-11-12(5-10)20-8-19-11/h3-5,9H,6-8H2,1-2H3,(H,15,17)(H,16,18). The van der Waals surface area contributed by atoms with E-state index in [9.17, 15) is 9.59 Å². The molecule has 0 fully saturated rings. The molecule has 0 saturated heterocycles. The third kappa shape index (κ3) is 3.88. The van der Waals surface area contributed by atoms with Crippen LogP contribution in [0.5, 0.6) is 11.5 Å². The Kier molecular flexibility index (Phi) is 4.45. The molecule has 2 N–H and O–H groups in total. The van der Waals surface area contributed by atoms with E-state index in [1.54, 1.807) is 6.07 Å². The Morgan fingerprint density at radius 1 is 1.20 bits per heavy atom.